The fraction of sp³-hybridized carbons (Fsp3) is 0.462. The number of carbonyl (C=O) groups is 1. The SMILES string of the molecule is CC1CN(C(=O)c2ccc(F)c(F)c2F)CC(C)O1. The summed E-state index contributed by atoms with van der Waals surface area (Å²) in [7, 11) is 0. The highest BCUT2D eigenvalue weighted by Crippen LogP contribution is 2.19. The van der Waals surface area contributed by atoms with Crippen LogP contribution in [0.25, 0.3) is 0 Å². The summed E-state index contributed by atoms with van der Waals surface area (Å²) in [5.41, 5.74) is -0.458. The number of ether oxygens (including phenoxy) is 1. The fourth-order valence-corrected chi connectivity index (χ4v) is 2.21. The van der Waals surface area contributed by atoms with Crippen LogP contribution in [0.4, 0.5) is 13.2 Å². The monoisotopic (exact) mass is 273 g/mol. The first kappa shape index (κ1) is 13.9. The molecule has 104 valence electrons. The third-order valence-electron chi connectivity index (χ3n) is 2.97. The lowest BCUT2D eigenvalue weighted by molar-refractivity contribution is -0.0587. The molecular weight excluding hydrogens is 259 g/mol. The number of halogens is 3. The number of benzene rings is 1. The summed E-state index contributed by atoms with van der Waals surface area (Å²) < 4.78 is 45.0. The van der Waals surface area contributed by atoms with E-state index >= 15 is 0 Å². The maximum Gasteiger partial charge on any atom is 0.257 e. The number of nitrogens with zero attached hydrogens (tertiary/aromatic N) is 1. The molecule has 1 amide bonds. The molecule has 19 heavy (non-hydrogen) atoms. The predicted molar refractivity (Wildman–Crippen MR) is 62.2 cm³/mol. The molecule has 1 saturated heterocycles. The van der Waals surface area contributed by atoms with E-state index in [0.29, 0.717) is 13.1 Å². The average molecular weight is 273 g/mol. The van der Waals surface area contributed by atoms with E-state index in [4.69, 9.17) is 4.74 Å². The number of carbonyl (C=O) groups excluding carboxylic acids is 1. The van der Waals surface area contributed by atoms with E-state index in [9.17, 15) is 18.0 Å². The maximum absolute atomic E-state index is 13.6. The second-order valence-electron chi connectivity index (χ2n) is 4.69. The Morgan fingerprint density at radius 1 is 1.16 bits per heavy atom. The summed E-state index contributed by atoms with van der Waals surface area (Å²) in [6.45, 7) is 4.16. The van der Waals surface area contributed by atoms with Crippen molar-refractivity contribution in [2.45, 2.75) is 26.1 Å². The molecule has 1 aliphatic rings. The van der Waals surface area contributed by atoms with E-state index in [1.54, 1.807) is 13.8 Å². The van der Waals surface area contributed by atoms with Gasteiger partial charge < -0.3 is 9.64 Å². The normalized spacial score (nSPS) is 23.5. The third-order valence-corrected chi connectivity index (χ3v) is 2.97. The molecule has 3 nitrogen and oxygen atoms in total. The molecular formula is C13H14F3NO2. The van der Waals surface area contributed by atoms with Crippen molar-refractivity contribution in [1.82, 2.24) is 4.90 Å². The molecule has 0 bridgehead atoms. The van der Waals surface area contributed by atoms with Gasteiger partial charge in [-0.2, -0.15) is 0 Å². The molecule has 0 aliphatic carbocycles. The molecule has 0 radical (unpaired) electrons. The van der Waals surface area contributed by atoms with Crippen LogP contribution in [0.1, 0.15) is 24.2 Å². The number of hydrogen-bond acceptors (Lipinski definition) is 2. The summed E-state index contributed by atoms with van der Waals surface area (Å²) in [5.74, 6) is -5.03. The zero-order chi connectivity index (χ0) is 14.2. The molecule has 2 atom stereocenters. The van der Waals surface area contributed by atoms with Gasteiger partial charge in [-0.05, 0) is 26.0 Å². The molecule has 0 spiro atoms. The highest BCUT2D eigenvalue weighted by Gasteiger charge is 2.29. The second kappa shape index (κ2) is 5.21. The van der Waals surface area contributed by atoms with Gasteiger partial charge in [0.25, 0.3) is 5.91 Å². The zero-order valence-electron chi connectivity index (χ0n) is 10.6. The Morgan fingerprint density at radius 3 is 2.32 bits per heavy atom. The molecule has 1 aliphatic heterocycles. The van der Waals surface area contributed by atoms with Gasteiger partial charge >= 0.3 is 0 Å². The highest BCUT2D eigenvalue weighted by molar-refractivity contribution is 5.94. The Bertz CT molecular complexity index is 497. The van der Waals surface area contributed by atoms with Crippen LogP contribution in [0.3, 0.4) is 0 Å². The van der Waals surface area contributed by atoms with E-state index in [1.165, 1.54) is 4.90 Å². The highest BCUT2D eigenvalue weighted by atomic mass is 19.2. The van der Waals surface area contributed by atoms with E-state index in [1.807, 2.05) is 0 Å². The van der Waals surface area contributed by atoms with Crippen molar-refractivity contribution in [1.29, 1.82) is 0 Å². The molecule has 2 unspecified atom stereocenters. The first-order valence-corrected chi connectivity index (χ1v) is 5.98. The molecule has 0 saturated carbocycles. The molecule has 6 heteroatoms. The van der Waals surface area contributed by atoms with Gasteiger partial charge in [-0.25, -0.2) is 13.2 Å². The molecule has 1 heterocycles. The summed E-state index contributed by atoms with van der Waals surface area (Å²) in [5, 5.41) is 0. The number of rotatable bonds is 1. The minimum Gasteiger partial charge on any atom is -0.372 e. The van der Waals surface area contributed by atoms with Crippen LogP contribution in [0.15, 0.2) is 12.1 Å². The molecule has 1 fully saturated rings. The van der Waals surface area contributed by atoms with E-state index in [2.05, 4.69) is 0 Å². The topological polar surface area (TPSA) is 29.5 Å². The summed E-state index contributed by atoms with van der Waals surface area (Å²) in [6, 6.07) is 1.71. The largest absolute Gasteiger partial charge is 0.372 e. The van der Waals surface area contributed by atoms with Crippen molar-refractivity contribution >= 4 is 5.91 Å². The Labute approximate surface area is 109 Å². The van der Waals surface area contributed by atoms with Gasteiger partial charge in [0.05, 0.1) is 17.8 Å². The number of morpholine rings is 1. The standard InChI is InChI=1S/C13H14F3NO2/c1-7-5-17(6-8(2)19-7)13(18)9-3-4-10(14)12(16)11(9)15/h3-4,7-8H,5-6H2,1-2H3. The number of hydrogen-bond donors (Lipinski definition) is 0. The van der Waals surface area contributed by atoms with Gasteiger partial charge in [0.2, 0.25) is 0 Å². The molecule has 1 aromatic rings. The third kappa shape index (κ3) is 2.73. The molecule has 1 aromatic carbocycles. The van der Waals surface area contributed by atoms with Crippen LogP contribution in [-0.2, 0) is 4.74 Å². The average Bonchev–Trinajstić information content (AvgIpc) is 2.34. The van der Waals surface area contributed by atoms with Gasteiger partial charge in [-0.15, -0.1) is 0 Å². The number of amides is 1. The second-order valence-corrected chi connectivity index (χ2v) is 4.69. The van der Waals surface area contributed by atoms with Gasteiger partial charge in [-0.1, -0.05) is 0 Å². The maximum atomic E-state index is 13.6. The summed E-state index contributed by atoms with van der Waals surface area (Å²) in [6.07, 6.45) is -0.359. The zero-order valence-corrected chi connectivity index (χ0v) is 10.6. The predicted octanol–water partition coefficient (Wildman–Crippen LogP) is 2.35. The van der Waals surface area contributed by atoms with Crippen LogP contribution >= 0.6 is 0 Å². The van der Waals surface area contributed by atoms with Crippen LogP contribution in [0.2, 0.25) is 0 Å². The van der Waals surface area contributed by atoms with E-state index in [0.717, 1.165) is 12.1 Å². The Balaban J connectivity index is 2.27. The first-order valence-electron chi connectivity index (χ1n) is 5.98. The Hall–Kier alpha value is -1.56. The Morgan fingerprint density at radius 2 is 1.74 bits per heavy atom. The van der Waals surface area contributed by atoms with Crippen LogP contribution < -0.4 is 0 Å². The van der Waals surface area contributed by atoms with Crippen molar-refractivity contribution in [2.75, 3.05) is 13.1 Å². The summed E-state index contributed by atoms with van der Waals surface area (Å²) in [4.78, 5) is 13.5. The van der Waals surface area contributed by atoms with Crippen molar-refractivity contribution in [3.05, 3.63) is 35.1 Å². The lowest BCUT2D eigenvalue weighted by atomic mass is 10.1. The Kier molecular flexibility index (Phi) is 3.80. The van der Waals surface area contributed by atoms with E-state index in [-0.39, 0.29) is 12.2 Å². The van der Waals surface area contributed by atoms with Gasteiger partial charge in [0.15, 0.2) is 17.5 Å². The first-order chi connectivity index (χ1) is 8.90. The fourth-order valence-electron chi connectivity index (χ4n) is 2.21. The lowest BCUT2D eigenvalue weighted by Crippen LogP contribution is -2.48. The molecule has 0 aromatic heterocycles. The van der Waals surface area contributed by atoms with Crippen molar-refractivity contribution in [3.63, 3.8) is 0 Å². The van der Waals surface area contributed by atoms with Gasteiger partial charge in [-0.3, -0.25) is 4.79 Å². The molecule has 2 rings (SSSR count). The van der Waals surface area contributed by atoms with E-state index < -0.39 is 28.9 Å². The van der Waals surface area contributed by atoms with Crippen LogP contribution in [-0.4, -0.2) is 36.1 Å². The van der Waals surface area contributed by atoms with Crippen molar-refractivity contribution in [2.24, 2.45) is 0 Å². The smallest absolute Gasteiger partial charge is 0.257 e. The summed E-state index contributed by atoms with van der Waals surface area (Å²) >= 11 is 0. The van der Waals surface area contributed by atoms with Gasteiger partial charge in [0.1, 0.15) is 0 Å². The van der Waals surface area contributed by atoms with Crippen LogP contribution in [0.5, 0.6) is 0 Å². The minimum absolute atomic E-state index is 0.180. The van der Waals surface area contributed by atoms with Crippen molar-refractivity contribution in [3.8, 4) is 0 Å². The van der Waals surface area contributed by atoms with Crippen molar-refractivity contribution < 1.29 is 22.7 Å². The minimum atomic E-state index is -1.62. The van der Waals surface area contributed by atoms with Crippen LogP contribution in [0, 0.1) is 17.5 Å². The quantitative estimate of drug-likeness (QED) is 0.735. The lowest BCUT2D eigenvalue weighted by Gasteiger charge is -2.35. The molecule has 0 N–H and O–H groups in total. The van der Waals surface area contributed by atoms with Gasteiger partial charge in [0, 0.05) is 13.1 Å².